The normalized spacial score (nSPS) is 17.5. The average Bonchev–Trinajstić information content (AvgIpc) is 3.38. The van der Waals surface area contributed by atoms with Gasteiger partial charge in [0.05, 0.1) is 32.3 Å². The summed E-state index contributed by atoms with van der Waals surface area (Å²) < 4.78 is 21.3. The standard InChI is InChI=1S/C27H30FN7O2/c28-22-13-20(14-29-15-22)16-33-6-4-23(5-7-33)35-18-30-24-26(34-8-10-37-11-9-34)31-25(32-27(24)35)21-3-1-2-19(12-21)17-36/h1-3,12-15,18,23,36H,4-11,16-17H2. The second-order valence-corrected chi connectivity index (χ2v) is 9.67. The van der Waals surface area contributed by atoms with E-state index in [-0.39, 0.29) is 18.5 Å². The fourth-order valence-corrected chi connectivity index (χ4v) is 5.26. The summed E-state index contributed by atoms with van der Waals surface area (Å²) in [7, 11) is 0. The van der Waals surface area contributed by atoms with Gasteiger partial charge in [-0.25, -0.2) is 19.3 Å². The maximum atomic E-state index is 13.6. The topological polar surface area (TPSA) is 92.4 Å². The number of imidazole rings is 1. The van der Waals surface area contributed by atoms with Crippen LogP contribution in [-0.4, -0.2) is 73.9 Å². The van der Waals surface area contributed by atoms with Crippen LogP contribution in [0.2, 0.25) is 0 Å². The summed E-state index contributed by atoms with van der Waals surface area (Å²) in [6.07, 6.45) is 6.76. The summed E-state index contributed by atoms with van der Waals surface area (Å²) in [6, 6.07) is 9.54. The van der Waals surface area contributed by atoms with Crippen molar-refractivity contribution in [2.24, 2.45) is 0 Å². The van der Waals surface area contributed by atoms with Crippen molar-refractivity contribution in [2.75, 3.05) is 44.3 Å². The lowest BCUT2D eigenvalue weighted by Gasteiger charge is -2.32. The number of aliphatic hydroxyl groups is 1. The molecule has 0 bridgehead atoms. The number of benzene rings is 1. The van der Waals surface area contributed by atoms with E-state index in [9.17, 15) is 9.50 Å². The zero-order valence-electron chi connectivity index (χ0n) is 20.6. The number of halogens is 1. The minimum Gasteiger partial charge on any atom is -0.392 e. The molecule has 0 atom stereocenters. The first-order valence-corrected chi connectivity index (χ1v) is 12.8. The van der Waals surface area contributed by atoms with E-state index in [1.807, 2.05) is 30.6 Å². The van der Waals surface area contributed by atoms with Crippen LogP contribution in [0.5, 0.6) is 0 Å². The van der Waals surface area contributed by atoms with Gasteiger partial charge in [-0.15, -0.1) is 0 Å². The Hall–Kier alpha value is -3.47. The number of aromatic nitrogens is 5. The van der Waals surface area contributed by atoms with Crippen molar-refractivity contribution in [2.45, 2.75) is 32.0 Å². The van der Waals surface area contributed by atoms with E-state index in [1.54, 1.807) is 12.3 Å². The van der Waals surface area contributed by atoms with E-state index >= 15 is 0 Å². The molecule has 0 radical (unpaired) electrons. The highest BCUT2D eigenvalue weighted by Gasteiger charge is 2.26. The SMILES string of the molecule is OCc1cccc(-c2nc(N3CCOCC3)c3ncn(C4CCN(Cc5cncc(F)c5)CC4)c3n2)c1. The Morgan fingerprint density at radius 3 is 2.62 bits per heavy atom. The molecule has 37 heavy (non-hydrogen) atoms. The lowest BCUT2D eigenvalue weighted by Crippen LogP contribution is -2.37. The zero-order chi connectivity index (χ0) is 25.2. The number of nitrogens with zero attached hydrogens (tertiary/aromatic N) is 7. The van der Waals surface area contributed by atoms with Crippen molar-refractivity contribution in [3.8, 4) is 11.4 Å². The Labute approximate surface area is 214 Å². The highest BCUT2D eigenvalue weighted by atomic mass is 19.1. The smallest absolute Gasteiger partial charge is 0.166 e. The minimum absolute atomic E-state index is 0.0331. The van der Waals surface area contributed by atoms with Crippen molar-refractivity contribution in [1.82, 2.24) is 29.4 Å². The number of hydrogen-bond donors (Lipinski definition) is 1. The first-order valence-electron chi connectivity index (χ1n) is 12.8. The summed E-state index contributed by atoms with van der Waals surface area (Å²) in [6.45, 7) is 5.26. The molecule has 4 aromatic rings. The largest absolute Gasteiger partial charge is 0.392 e. The third-order valence-corrected chi connectivity index (χ3v) is 7.20. The maximum absolute atomic E-state index is 13.6. The zero-order valence-corrected chi connectivity index (χ0v) is 20.6. The van der Waals surface area contributed by atoms with Crippen LogP contribution in [0, 0.1) is 5.82 Å². The monoisotopic (exact) mass is 503 g/mol. The molecule has 1 N–H and O–H groups in total. The molecule has 0 saturated carbocycles. The van der Waals surface area contributed by atoms with E-state index in [2.05, 4.69) is 19.4 Å². The molecule has 9 nitrogen and oxygen atoms in total. The number of pyridine rings is 1. The van der Waals surface area contributed by atoms with Crippen LogP contribution in [0.3, 0.4) is 0 Å². The maximum Gasteiger partial charge on any atom is 0.166 e. The van der Waals surface area contributed by atoms with Crippen molar-refractivity contribution in [1.29, 1.82) is 0 Å². The van der Waals surface area contributed by atoms with Crippen LogP contribution in [0.4, 0.5) is 10.2 Å². The van der Waals surface area contributed by atoms with Gasteiger partial charge in [0, 0.05) is 50.5 Å². The van der Waals surface area contributed by atoms with Gasteiger partial charge in [-0.3, -0.25) is 9.88 Å². The number of rotatable bonds is 6. The van der Waals surface area contributed by atoms with Crippen LogP contribution in [0.25, 0.3) is 22.6 Å². The summed E-state index contributed by atoms with van der Waals surface area (Å²) in [5.74, 6) is 1.16. The van der Waals surface area contributed by atoms with Crippen molar-refractivity contribution >= 4 is 17.0 Å². The van der Waals surface area contributed by atoms with Gasteiger partial charge in [-0.1, -0.05) is 18.2 Å². The van der Waals surface area contributed by atoms with Gasteiger partial charge in [0.25, 0.3) is 0 Å². The Morgan fingerprint density at radius 1 is 1.00 bits per heavy atom. The Morgan fingerprint density at radius 2 is 1.84 bits per heavy atom. The quantitative estimate of drug-likeness (QED) is 0.429. The average molecular weight is 504 g/mol. The number of morpholine rings is 1. The van der Waals surface area contributed by atoms with E-state index in [1.165, 1.54) is 6.20 Å². The van der Waals surface area contributed by atoms with Gasteiger partial charge in [0.2, 0.25) is 0 Å². The van der Waals surface area contributed by atoms with Gasteiger partial charge in [-0.05, 0) is 36.1 Å². The minimum atomic E-state index is -0.298. The predicted molar refractivity (Wildman–Crippen MR) is 137 cm³/mol. The number of hydrogen-bond acceptors (Lipinski definition) is 8. The molecule has 192 valence electrons. The molecular weight excluding hydrogens is 473 g/mol. The fraction of sp³-hybridized carbons (Fsp3) is 0.407. The van der Waals surface area contributed by atoms with Gasteiger partial charge in [0.15, 0.2) is 22.8 Å². The number of fused-ring (bicyclic) bond motifs is 1. The molecule has 0 amide bonds. The van der Waals surface area contributed by atoms with Gasteiger partial charge >= 0.3 is 0 Å². The predicted octanol–water partition coefficient (Wildman–Crippen LogP) is 3.19. The van der Waals surface area contributed by atoms with Crippen LogP contribution in [0.1, 0.15) is 30.0 Å². The molecule has 6 rings (SSSR count). The second-order valence-electron chi connectivity index (χ2n) is 9.67. The Bertz CT molecular complexity index is 1380. The molecule has 1 aromatic carbocycles. The van der Waals surface area contributed by atoms with Gasteiger partial charge < -0.3 is 19.3 Å². The number of ether oxygens (including phenoxy) is 1. The van der Waals surface area contributed by atoms with Gasteiger partial charge in [-0.2, -0.15) is 0 Å². The summed E-state index contributed by atoms with van der Waals surface area (Å²) in [4.78, 5) is 23.3. The molecule has 3 aromatic heterocycles. The summed E-state index contributed by atoms with van der Waals surface area (Å²) in [5.41, 5.74) is 4.22. The first-order chi connectivity index (χ1) is 18.2. The lowest BCUT2D eigenvalue weighted by atomic mass is 10.0. The van der Waals surface area contributed by atoms with Crippen molar-refractivity contribution in [3.05, 3.63) is 66.0 Å². The van der Waals surface area contributed by atoms with Crippen molar-refractivity contribution < 1.29 is 14.2 Å². The number of piperidine rings is 1. The highest BCUT2D eigenvalue weighted by molar-refractivity contribution is 5.86. The van der Waals surface area contributed by atoms with E-state index in [4.69, 9.17) is 19.7 Å². The van der Waals surface area contributed by atoms with Crippen LogP contribution in [0.15, 0.2) is 49.1 Å². The second kappa shape index (κ2) is 10.5. The number of likely N-dealkylation sites (tertiary alicyclic amines) is 1. The molecule has 2 fully saturated rings. The Kier molecular flexibility index (Phi) is 6.77. The third kappa shape index (κ3) is 5.04. The summed E-state index contributed by atoms with van der Waals surface area (Å²) >= 11 is 0. The molecule has 0 aliphatic carbocycles. The number of aliphatic hydroxyl groups excluding tert-OH is 1. The van der Waals surface area contributed by atoms with Crippen LogP contribution < -0.4 is 4.90 Å². The molecular formula is C27H30FN7O2. The molecule has 2 aliphatic heterocycles. The molecule has 5 heterocycles. The lowest BCUT2D eigenvalue weighted by molar-refractivity contribution is 0.122. The first kappa shape index (κ1) is 23.9. The molecule has 2 aliphatic rings. The van der Waals surface area contributed by atoms with Crippen molar-refractivity contribution in [3.63, 3.8) is 0 Å². The molecule has 0 unspecified atom stereocenters. The fourth-order valence-electron chi connectivity index (χ4n) is 5.26. The van der Waals surface area contributed by atoms with Crippen LogP contribution in [-0.2, 0) is 17.9 Å². The molecule has 2 saturated heterocycles. The van der Waals surface area contributed by atoms with Crippen LogP contribution >= 0.6 is 0 Å². The van der Waals surface area contributed by atoms with E-state index < -0.39 is 0 Å². The molecule has 10 heteroatoms. The molecule has 0 spiro atoms. The van der Waals surface area contributed by atoms with Gasteiger partial charge in [0.1, 0.15) is 5.82 Å². The van der Waals surface area contributed by atoms with E-state index in [0.717, 1.165) is 72.7 Å². The number of anilines is 1. The van der Waals surface area contributed by atoms with E-state index in [0.29, 0.717) is 25.6 Å². The Balaban J connectivity index is 1.30. The third-order valence-electron chi connectivity index (χ3n) is 7.20. The highest BCUT2D eigenvalue weighted by Crippen LogP contribution is 2.32. The summed E-state index contributed by atoms with van der Waals surface area (Å²) in [5, 5.41) is 9.65.